The van der Waals surface area contributed by atoms with Gasteiger partial charge in [0.15, 0.2) is 0 Å². The Balaban J connectivity index is 3.16. The third kappa shape index (κ3) is 4.87. The smallest absolute Gasteiger partial charge is 0.407 e. The fraction of sp³-hybridized carbons (Fsp3) is 0.333. The molecule has 0 fully saturated rings. The summed E-state index contributed by atoms with van der Waals surface area (Å²) in [6, 6.07) is 0. The number of rotatable bonds is 3. The molecule has 0 atom stereocenters. The van der Waals surface area contributed by atoms with Crippen molar-refractivity contribution in [3.05, 3.63) is 19.6 Å². The summed E-state index contributed by atoms with van der Waals surface area (Å²) < 4.78 is 4.44. The van der Waals surface area contributed by atoms with E-state index in [-0.39, 0.29) is 6.61 Å². The van der Waals surface area contributed by atoms with E-state index in [2.05, 4.69) is 23.6 Å². The van der Waals surface area contributed by atoms with Gasteiger partial charge in [-0.25, -0.2) is 4.79 Å². The number of carbonyl (C=O) groups is 1. The highest BCUT2D eigenvalue weighted by atomic mass is 16.5. The van der Waals surface area contributed by atoms with Gasteiger partial charge in [0, 0.05) is 6.54 Å². The quantitative estimate of drug-likeness (QED) is 0.569. The molecule has 1 amide bonds. The van der Waals surface area contributed by atoms with Gasteiger partial charge in [-0.1, -0.05) is 6.08 Å². The highest BCUT2D eigenvalue weighted by Crippen LogP contribution is 1.73. The van der Waals surface area contributed by atoms with Gasteiger partial charge in [-0.05, 0) is 6.92 Å². The maximum atomic E-state index is 10.4. The van der Waals surface area contributed by atoms with Gasteiger partial charge in [0.25, 0.3) is 0 Å². The van der Waals surface area contributed by atoms with Crippen LogP contribution in [0.1, 0.15) is 0 Å². The van der Waals surface area contributed by atoms with E-state index >= 15 is 0 Å². The number of ether oxygens (including phenoxy) is 1. The first-order valence-electron chi connectivity index (χ1n) is 2.62. The molecule has 0 aliphatic carbocycles. The van der Waals surface area contributed by atoms with Crippen molar-refractivity contribution in [3.63, 3.8) is 0 Å². The molecule has 51 valence electrons. The standard InChI is InChI=1S/C6H10NO2/c1-3-5-7-6(8)9-4-2/h3H,1-2,4-5H2,(H,7,8). The number of amides is 1. The first-order chi connectivity index (χ1) is 4.31. The average Bonchev–Trinajstić information content (AvgIpc) is 1.85. The Bertz CT molecular complexity index is 101. The van der Waals surface area contributed by atoms with Gasteiger partial charge in [0.2, 0.25) is 0 Å². The number of alkyl carbamates (subject to hydrolysis) is 1. The second-order valence-corrected chi connectivity index (χ2v) is 1.31. The fourth-order valence-corrected chi connectivity index (χ4v) is 0.299. The third-order valence-corrected chi connectivity index (χ3v) is 0.624. The summed E-state index contributed by atoms with van der Waals surface area (Å²) >= 11 is 0. The summed E-state index contributed by atoms with van der Waals surface area (Å²) in [5, 5.41) is 2.41. The van der Waals surface area contributed by atoms with E-state index in [1.807, 2.05) is 0 Å². The number of nitrogens with one attached hydrogen (secondary N) is 1. The fourth-order valence-electron chi connectivity index (χ4n) is 0.299. The van der Waals surface area contributed by atoms with Crippen molar-refractivity contribution in [2.75, 3.05) is 13.2 Å². The van der Waals surface area contributed by atoms with E-state index in [0.717, 1.165) is 0 Å². The molecule has 0 aromatic carbocycles. The Hall–Kier alpha value is -0.990. The van der Waals surface area contributed by atoms with E-state index < -0.39 is 6.09 Å². The molecular weight excluding hydrogens is 118 g/mol. The van der Waals surface area contributed by atoms with E-state index in [1.54, 1.807) is 6.08 Å². The molecule has 0 saturated heterocycles. The molecule has 1 N–H and O–H groups in total. The van der Waals surface area contributed by atoms with Crippen molar-refractivity contribution < 1.29 is 9.53 Å². The minimum Gasteiger partial charge on any atom is -0.450 e. The van der Waals surface area contributed by atoms with Gasteiger partial charge in [-0.15, -0.1) is 6.58 Å². The molecule has 0 aliphatic heterocycles. The van der Waals surface area contributed by atoms with Crippen LogP contribution in [0.25, 0.3) is 0 Å². The first kappa shape index (κ1) is 8.01. The minimum absolute atomic E-state index is 0.156. The Kier molecular flexibility index (Phi) is 4.59. The lowest BCUT2D eigenvalue weighted by atomic mass is 10.6. The van der Waals surface area contributed by atoms with Crippen LogP contribution in [-0.4, -0.2) is 19.2 Å². The van der Waals surface area contributed by atoms with Gasteiger partial charge in [-0.3, -0.25) is 0 Å². The first-order valence-corrected chi connectivity index (χ1v) is 2.62. The van der Waals surface area contributed by atoms with Crippen LogP contribution >= 0.6 is 0 Å². The third-order valence-electron chi connectivity index (χ3n) is 0.624. The number of carbonyl (C=O) groups excluding carboxylic acids is 1. The van der Waals surface area contributed by atoms with Crippen LogP contribution < -0.4 is 5.32 Å². The highest BCUT2D eigenvalue weighted by molar-refractivity contribution is 5.67. The summed E-state index contributed by atoms with van der Waals surface area (Å²) in [6.45, 7) is 7.32. The molecule has 0 saturated carbocycles. The minimum atomic E-state index is -0.454. The molecule has 9 heavy (non-hydrogen) atoms. The van der Waals surface area contributed by atoms with E-state index in [4.69, 9.17) is 0 Å². The summed E-state index contributed by atoms with van der Waals surface area (Å²) in [7, 11) is 0. The molecule has 3 nitrogen and oxygen atoms in total. The van der Waals surface area contributed by atoms with E-state index in [9.17, 15) is 4.79 Å². The van der Waals surface area contributed by atoms with E-state index in [1.165, 1.54) is 0 Å². The lowest BCUT2D eigenvalue weighted by molar-refractivity contribution is 0.159. The van der Waals surface area contributed by atoms with Gasteiger partial charge >= 0.3 is 6.09 Å². The van der Waals surface area contributed by atoms with Gasteiger partial charge in [0.1, 0.15) is 0 Å². The van der Waals surface area contributed by atoms with Crippen molar-refractivity contribution in [3.8, 4) is 0 Å². The lowest BCUT2D eigenvalue weighted by Crippen LogP contribution is -2.23. The lowest BCUT2D eigenvalue weighted by Gasteiger charge is -1.99. The molecule has 0 unspecified atom stereocenters. The molecule has 0 spiro atoms. The molecule has 1 radical (unpaired) electrons. The summed E-state index contributed by atoms with van der Waals surface area (Å²) in [5.74, 6) is 0. The molecule has 0 aromatic heterocycles. The van der Waals surface area contributed by atoms with Crippen LogP contribution in [0.3, 0.4) is 0 Å². The molecule has 0 aliphatic rings. The predicted octanol–water partition coefficient (Wildman–Crippen LogP) is 0.733. The van der Waals surface area contributed by atoms with Crippen molar-refractivity contribution >= 4 is 6.09 Å². The zero-order valence-electron chi connectivity index (χ0n) is 5.22. The normalized spacial score (nSPS) is 8.11. The second kappa shape index (κ2) is 5.15. The largest absolute Gasteiger partial charge is 0.450 e. The molecule has 0 bridgehead atoms. The van der Waals surface area contributed by atoms with Crippen LogP contribution in [-0.2, 0) is 4.74 Å². The summed E-state index contributed by atoms with van der Waals surface area (Å²) in [4.78, 5) is 10.4. The molecule has 0 aromatic rings. The monoisotopic (exact) mass is 128 g/mol. The van der Waals surface area contributed by atoms with Crippen molar-refractivity contribution in [1.29, 1.82) is 0 Å². The van der Waals surface area contributed by atoms with Crippen LogP contribution in [0.5, 0.6) is 0 Å². The topological polar surface area (TPSA) is 38.3 Å². The van der Waals surface area contributed by atoms with Crippen molar-refractivity contribution in [2.24, 2.45) is 0 Å². The zero-order valence-corrected chi connectivity index (χ0v) is 5.22. The van der Waals surface area contributed by atoms with Gasteiger partial charge in [-0.2, -0.15) is 0 Å². The Labute approximate surface area is 54.7 Å². The predicted molar refractivity (Wildman–Crippen MR) is 34.9 cm³/mol. The van der Waals surface area contributed by atoms with Crippen LogP contribution in [0.15, 0.2) is 12.7 Å². The average molecular weight is 128 g/mol. The van der Waals surface area contributed by atoms with Crippen LogP contribution in [0.2, 0.25) is 0 Å². The molecule has 3 heteroatoms. The zero-order chi connectivity index (χ0) is 7.11. The van der Waals surface area contributed by atoms with E-state index in [0.29, 0.717) is 6.54 Å². The number of hydrogen-bond acceptors (Lipinski definition) is 2. The maximum absolute atomic E-state index is 10.4. The van der Waals surface area contributed by atoms with Crippen LogP contribution in [0.4, 0.5) is 4.79 Å². The van der Waals surface area contributed by atoms with Gasteiger partial charge < -0.3 is 10.1 Å². The molecule has 0 rings (SSSR count). The Morgan fingerprint density at radius 3 is 2.89 bits per heavy atom. The number of hydrogen-bond donors (Lipinski definition) is 1. The maximum Gasteiger partial charge on any atom is 0.407 e. The van der Waals surface area contributed by atoms with Crippen molar-refractivity contribution in [2.45, 2.75) is 0 Å². The second-order valence-electron chi connectivity index (χ2n) is 1.31. The Morgan fingerprint density at radius 2 is 2.44 bits per heavy atom. The Morgan fingerprint density at radius 1 is 1.78 bits per heavy atom. The van der Waals surface area contributed by atoms with Crippen LogP contribution in [0, 0.1) is 6.92 Å². The molecule has 0 heterocycles. The highest BCUT2D eigenvalue weighted by Gasteiger charge is 1.93. The van der Waals surface area contributed by atoms with Gasteiger partial charge in [0.05, 0.1) is 6.61 Å². The van der Waals surface area contributed by atoms with Crippen molar-refractivity contribution in [1.82, 2.24) is 5.32 Å². The molecular formula is C6H10NO2. The summed E-state index contributed by atoms with van der Waals surface area (Å²) in [5.41, 5.74) is 0. The SMILES string of the molecule is [CH2]COC(=O)NCC=C. The summed E-state index contributed by atoms with van der Waals surface area (Å²) in [6.07, 6.45) is 1.12.